The summed E-state index contributed by atoms with van der Waals surface area (Å²) in [6.45, 7) is 1.83. The zero-order valence-electron chi connectivity index (χ0n) is 10.6. The van der Waals surface area contributed by atoms with Gasteiger partial charge in [-0.3, -0.25) is 4.79 Å². The Morgan fingerprint density at radius 3 is 2.68 bits per heavy atom. The predicted molar refractivity (Wildman–Crippen MR) is 71.9 cm³/mol. The van der Waals surface area contributed by atoms with Crippen LogP contribution < -0.4 is 10.5 Å². The molecule has 0 saturated carbocycles. The van der Waals surface area contributed by atoms with E-state index in [1.54, 1.807) is 6.92 Å². The van der Waals surface area contributed by atoms with Gasteiger partial charge < -0.3 is 25.4 Å². The van der Waals surface area contributed by atoms with Gasteiger partial charge in [-0.2, -0.15) is 0 Å². The maximum Gasteiger partial charge on any atom is 0.325 e. The zero-order chi connectivity index (χ0) is 14.6. The van der Waals surface area contributed by atoms with Crippen molar-refractivity contribution in [1.82, 2.24) is 0 Å². The van der Waals surface area contributed by atoms with Crippen LogP contribution in [-0.2, 0) is 9.53 Å². The van der Waals surface area contributed by atoms with Crippen LogP contribution in [0.25, 0.3) is 0 Å². The molecule has 0 aliphatic heterocycles. The highest BCUT2D eigenvalue weighted by molar-refractivity contribution is 9.10. The first-order valence-corrected chi connectivity index (χ1v) is 6.38. The SMILES string of the molecule is CCOC(=O)C(N)C(O)c1cc(Br)c(O)c(OC)c1. The molecule has 0 radical (unpaired) electrons. The molecule has 1 rings (SSSR count). The van der Waals surface area contributed by atoms with E-state index in [4.69, 9.17) is 15.2 Å². The Morgan fingerprint density at radius 1 is 1.53 bits per heavy atom. The Balaban J connectivity index is 3.02. The molecule has 0 fully saturated rings. The van der Waals surface area contributed by atoms with Gasteiger partial charge in [0.25, 0.3) is 0 Å². The fraction of sp³-hybridized carbons (Fsp3) is 0.417. The van der Waals surface area contributed by atoms with Gasteiger partial charge in [-0.1, -0.05) is 0 Å². The number of benzene rings is 1. The molecular formula is C12H16BrNO5. The van der Waals surface area contributed by atoms with Crippen LogP contribution in [0.4, 0.5) is 0 Å². The summed E-state index contributed by atoms with van der Waals surface area (Å²) in [7, 11) is 1.38. The summed E-state index contributed by atoms with van der Waals surface area (Å²) in [4.78, 5) is 11.5. The van der Waals surface area contributed by atoms with Crippen molar-refractivity contribution in [3.8, 4) is 11.5 Å². The smallest absolute Gasteiger partial charge is 0.325 e. The van der Waals surface area contributed by atoms with Gasteiger partial charge in [0.1, 0.15) is 12.1 Å². The predicted octanol–water partition coefficient (Wildman–Crippen LogP) is 1.09. The lowest BCUT2D eigenvalue weighted by Gasteiger charge is -2.19. The largest absolute Gasteiger partial charge is 0.503 e. The van der Waals surface area contributed by atoms with Gasteiger partial charge in [0.05, 0.1) is 18.2 Å². The van der Waals surface area contributed by atoms with Crippen molar-refractivity contribution in [1.29, 1.82) is 0 Å². The number of ether oxygens (including phenoxy) is 2. The number of aromatic hydroxyl groups is 1. The molecular weight excluding hydrogens is 318 g/mol. The molecule has 0 saturated heterocycles. The maximum atomic E-state index is 11.5. The number of hydrogen-bond acceptors (Lipinski definition) is 6. The lowest BCUT2D eigenvalue weighted by atomic mass is 10.0. The highest BCUT2D eigenvalue weighted by Crippen LogP contribution is 2.37. The number of phenolic OH excluding ortho intramolecular Hbond substituents is 1. The second kappa shape index (κ2) is 6.74. The minimum absolute atomic E-state index is 0.0943. The standard InChI is InChI=1S/C12H16BrNO5/c1-3-19-12(17)9(14)10(15)6-4-7(13)11(16)8(5-6)18-2/h4-5,9-10,15-16H,3,14H2,1-2H3. The number of esters is 1. The van der Waals surface area contributed by atoms with E-state index in [1.807, 2.05) is 0 Å². The Kier molecular flexibility index (Phi) is 5.59. The summed E-state index contributed by atoms with van der Waals surface area (Å²) < 4.78 is 10.0. The monoisotopic (exact) mass is 333 g/mol. The van der Waals surface area contributed by atoms with Gasteiger partial charge in [0.15, 0.2) is 11.5 Å². The van der Waals surface area contributed by atoms with Crippen molar-refractivity contribution in [2.45, 2.75) is 19.1 Å². The quantitative estimate of drug-likeness (QED) is 0.697. The van der Waals surface area contributed by atoms with Crippen LogP contribution in [0.2, 0.25) is 0 Å². The first-order valence-electron chi connectivity index (χ1n) is 5.59. The molecule has 0 heterocycles. The van der Waals surface area contributed by atoms with Crippen molar-refractivity contribution in [2.75, 3.05) is 13.7 Å². The second-order valence-electron chi connectivity index (χ2n) is 3.78. The van der Waals surface area contributed by atoms with Crippen molar-refractivity contribution in [2.24, 2.45) is 5.73 Å². The van der Waals surface area contributed by atoms with E-state index in [0.717, 1.165) is 0 Å². The maximum absolute atomic E-state index is 11.5. The topological polar surface area (TPSA) is 102 Å². The molecule has 4 N–H and O–H groups in total. The number of carbonyl (C=O) groups is 1. The lowest BCUT2D eigenvalue weighted by molar-refractivity contribution is -0.147. The third-order valence-corrected chi connectivity index (χ3v) is 3.12. The second-order valence-corrected chi connectivity index (χ2v) is 4.63. The number of phenols is 1. The Bertz CT molecular complexity index is 466. The van der Waals surface area contributed by atoms with E-state index in [-0.39, 0.29) is 18.1 Å². The molecule has 0 bridgehead atoms. The van der Waals surface area contributed by atoms with E-state index in [9.17, 15) is 15.0 Å². The number of carbonyl (C=O) groups excluding carboxylic acids is 1. The summed E-state index contributed by atoms with van der Waals surface area (Å²) in [5, 5.41) is 19.7. The Hall–Kier alpha value is -1.31. The molecule has 0 aromatic heterocycles. The molecule has 106 valence electrons. The van der Waals surface area contributed by atoms with Gasteiger partial charge in [0, 0.05) is 0 Å². The summed E-state index contributed by atoms with van der Waals surface area (Å²) in [6, 6.07) is 1.66. The first-order chi connectivity index (χ1) is 8.92. The van der Waals surface area contributed by atoms with E-state index < -0.39 is 18.1 Å². The molecule has 2 atom stereocenters. The van der Waals surface area contributed by atoms with E-state index in [1.165, 1.54) is 19.2 Å². The highest BCUT2D eigenvalue weighted by atomic mass is 79.9. The van der Waals surface area contributed by atoms with Crippen LogP contribution in [0.1, 0.15) is 18.6 Å². The number of halogens is 1. The number of aliphatic hydroxyl groups is 1. The van der Waals surface area contributed by atoms with E-state index in [2.05, 4.69) is 15.9 Å². The minimum Gasteiger partial charge on any atom is -0.503 e. The zero-order valence-corrected chi connectivity index (χ0v) is 12.2. The van der Waals surface area contributed by atoms with Crippen LogP contribution in [0.3, 0.4) is 0 Å². The van der Waals surface area contributed by atoms with Crippen molar-refractivity contribution in [3.63, 3.8) is 0 Å². The van der Waals surface area contributed by atoms with Gasteiger partial charge in [-0.15, -0.1) is 0 Å². The van der Waals surface area contributed by atoms with Crippen LogP contribution in [0, 0.1) is 0 Å². The number of hydrogen-bond donors (Lipinski definition) is 3. The average Bonchev–Trinajstić information content (AvgIpc) is 2.40. The fourth-order valence-corrected chi connectivity index (χ4v) is 1.95. The van der Waals surface area contributed by atoms with Crippen LogP contribution >= 0.6 is 15.9 Å². The summed E-state index contributed by atoms with van der Waals surface area (Å²) in [6.07, 6.45) is -1.26. The van der Waals surface area contributed by atoms with Crippen LogP contribution in [-0.4, -0.2) is 35.9 Å². The molecule has 1 aromatic rings. The summed E-state index contributed by atoms with van der Waals surface area (Å²) in [5.74, 6) is -0.624. The molecule has 1 aromatic carbocycles. The number of methoxy groups -OCH3 is 1. The molecule has 0 aliphatic rings. The first kappa shape index (κ1) is 15.7. The van der Waals surface area contributed by atoms with Crippen molar-refractivity contribution in [3.05, 3.63) is 22.2 Å². The van der Waals surface area contributed by atoms with Gasteiger partial charge in [-0.25, -0.2) is 0 Å². The van der Waals surface area contributed by atoms with Gasteiger partial charge >= 0.3 is 5.97 Å². The third kappa shape index (κ3) is 3.59. The molecule has 0 spiro atoms. The van der Waals surface area contributed by atoms with Crippen molar-refractivity contribution >= 4 is 21.9 Å². The van der Waals surface area contributed by atoms with Crippen LogP contribution in [0.15, 0.2) is 16.6 Å². The number of aliphatic hydroxyl groups excluding tert-OH is 1. The minimum atomic E-state index is -1.26. The normalized spacial score (nSPS) is 13.7. The number of nitrogens with two attached hydrogens (primary N) is 1. The third-order valence-electron chi connectivity index (χ3n) is 2.51. The Labute approximate surface area is 119 Å². The average molecular weight is 334 g/mol. The van der Waals surface area contributed by atoms with Gasteiger partial charge in [-0.05, 0) is 40.5 Å². The summed E-state index contributed by atoms with van der Waals surface area (Å²) in [5.41, 5.74) is 5.95. The molecule has 6 nitrogen and oxygen atoms in total. The molecule has 0 aliphatic carbocycles. The van der Waals surface area contributed by atoms with E-state index >= 15 is 0 Å². The van der Waals surface area contributed by atoms with Crippen LogP contribution in [0.5, 0.6) is 11.5 Å². The van der Waals surface area contributed by atoms with Crippen molar-refractivity contribution < 1.29 is 24.5 Å². The molecule has 2 unspecified atom stereocenters. The Morgan fingerprint density at radius 2 is 2.16 bits per heavy atom. The lowest BCUT2D eigenvalue weighted by Crippen LogP contribution is -2.38. The highest BCUT2D eigenvalue weighted by Gasteiger charge is 2.26. The fourth-order valence-electron chi connectivity index (χ4n) is 1.49. The molecule has 7 heteroatoms. The van der Waals surface area contributed by atoms with E-state index in [0.29, 0.717) is 10.0 Å². The van der Waals surface area contributed by atoms with Gasteiger partial charge in [0.2, 0.25) is 0 Å². The molecule has 0 amide bonds. The molecule has 19 heavy (non-hydrogen) atoms. The summed E-state index contributed by atoms with van der Waals surface area (Å²) >= 11 is 3.12. The number of rotatable bonds is 5.